The fourth-order valence-electron chi connectivity index (χ4n) is 3.92. The first-order chi connectivity index (χ1) is 15.9. The summed E-state index contributed by atoms with van der Waals surface area (Å²) < 4.78 is 5.53. The van der Waals surface area contributed by atoms with E-state index < -0.39 is 24.4 Å². The van der Waals surface area contributed by atoms with E-state index in [0.29, 0.717) is 22.0 Å². The highest BCUT2D eigenvalue weighted by Crippen LogP contribution is 2.29. The van der Waals surface area contributed by atoms with Crippen molar-refractivity contribution in [2.24, 2.45) is 0 Å². The van der Waals surface area contributed by atoms with Gasteiger partial charge in [-0.25, -0.2) is 9.69 Å². The Morgan fingerprint density at radius 3 is 2.55 bits per heavy atom. The molecule has 0 spiro atoms. The topological polar surface area (TPSA) is 91.0 Å². The van der Waals surface area contributed by atoms with E-state index in [1.165, 1.54) is 6.42 Å². The Kier molecular flexibility index (Phi) is 6.84. The highest BCUT2D eigenvalue weighted by molar-refractivity contribution is 6.30. The molecule has 33 heavy (non-hydrogen) atoms. The number of imide groups is 1. The van der Waals surface area contributed by atoms with Gasteiger partial charge in [0.25, 0.3) is 5.91 Å². The normalized spacial score (nSPS) is 17.3. The highest BCUT2D eigenvalue weighted by Gasteiger charge is 2.35. The van der Waals surface area contributed by atoms with Crippen molar-refractivity contribution in [1.82, 2.24) is 10.2 Å². The van der Waals surface area contributed by atoms with Crippen molar-refractivity contribution < 1.29 is 19.1 Å². The average molecular weight is 469 g/mol. The maximum atomic E-state index is 12.8. The van der Waals surface area contributed by atoms with Gasteiger partial charge in [-0.3, -0.25) is 9.59 Å². The number of carbonyl (C=O) groups excluding carboxylic acids is 3. The minimum atomic E-state index is -0.651. The Morgan fingerprint density at radius 1 is 1.12 bits per heavy atom. The van der Waals surface area contributed by atoms with Crippen LogP contribution in [0.5, 0.6) is 5.75 Å². The Morgan fingerprint density at radius 2 is 1.85 bits per heavy atom. The molecule has 2 aromatic carbocycles. The molecular formula is C24H25ClN4O4. The molecule has 0 unspecified atom stereocenters. The minimum Gasteiger partial charge on any atom is -0.496 e. The van der Waals surface area contributed by atoms with Crippen molar-refractivity contribution in [1.29, 1.82) is 0 Å². The second kappa shape index (κ2) is 9.95. The molecule has 2 saturated heterocycles. The van der Waals surface area contributed by atoms with Crippen LogP contribution in [-0.2, 0) is 9.59 Å². The first-order valence-electron chi connectivity index (χ1n) is 10.8. The number of hydrogen-bond acceptors (Lipinski definition) is 5. The summed E-state index contributed by atoms with van der Waals surface area (Å²) in [5, 5.41) is 5.72. The quantitative estimate of drug-likeness (QED) is 0.496. The SMILES string of the molecule is COc1cc(N2CCCCC2)ccc1/C=C1/NC(=O)N(CC(=O)Nc2ccc(Cl)cc2)C1=O. The molecule has 0 saturated carbocycles. The molecule has 9 heteroatoms. The van der Waals surface area contributed by atoms with Crippen LogP contribution in [0.2, 0.25) is 5.02 Å². The van der Waals surface area contributed by atoms with Gasteiger partial charge in [-0.2, -0.15) is 0 Å². The number of piperidine rings is 1. The van der Waals surface area contributed by atoms with Gasteiger partial charge in [-0.15, -0.1) is 0 Å². The summed E-state index contributed by atoms with van der Waals surface area (Å²) in [6, 6.07) is 11.7. The van der Waals surface area contributed by atoms with Gasteiger partial charge in [0.15, 0.2) is 0 Å². The number of ether oxygens (including phenoxy) is 1. The molecule has 4 rings (SSSR count). The molecule has 2 aliphatic heterocycles. The van der Waals surface area contributed by atoms with Crippen LogP contribution < -0.4 is 20.3 Å². The van der Waals surface area contributed by atoms with Gasteiger partial charge in [0.2, 0.25) is 5.91 Å². The van der Waals surface area contributed by atoms with Gasteiger partial charge in [0.1, 0.15) is 18.0 Å². The van der Waals surface area contributed by atoms with Crippen LogP contribution in [-0.4, -0.2) is 49.5 Å². The van der Waals surface area contributed by atoms with Gasteiger partial charge in [0.05, 0.1) is 7.11 Å². The molecular weight excluding hydrogens is 444 g/mol. The van der Waals surface area contributed by atoms with Crippen molar-refractivity contribution in [3.63, 3.8) is 0 Å². The summed E-state index contributed by atoms with van der Waals surface area (Å²) in [5.74, 6) is -0.467. The van der Waals surface area contributed by atoms with E-state index in [2.05, 4.69) is 15.5 Å². The second-order valence-electron chi connectivity index (χ2n) is 7.91. The third kappa shape index (κ3) is 5.28. The number of halogens is 1. The van der Waals surface area contributed by atoms with Crippen LogP contribution in [0.1, 0.15) is 24.8 Å². The maximum absolute atomic E-state index is 12.8. The molecule has 8 nitrogen and oxygen atoms in total. The summed E-state index contributed by atoms with van der Waals surface area (Å²) in [5.41, 5.74) is 2.33. The number of amides is 4. The molecule has 0 aliphatic carbocycles. The molecule has 2 aliphatic rings. The van der Waals surface area contributed by atoms with Crippen LogP contribution in [0.15, 0.2) is 48.2 Å². The summed E-state index contributed by atoms with van der Waals surface area (Å²) in [6.07, 6.45) is 5.14. The van der Waals surface area contributed by atoms with Crippen molar-refractivity contribution in [2.45, 2.75) is 19.3 Å². The first kappa shape index (κ1) is 22.7. The van der Waals surface area contributed by atoms with E-state index in [1.54, 1.807) is 37.5 Å². The van der Waals surface area contributed by atoms with Crippen molar-refractivity contribution >= 4 is 46.9 Å². The smallest absolute Gasteiger partial charge is 0.329 e. The predicted molar refractivity (Wildman–Crippen MR) is 127 cm³/mol. The number of hydrogen-bond donors (Lipinski definition) is 2. The summed E-state index contributed by atoms with van der Waals surface area (Å²) in [6.45, 7) is 1.60. The van der Waals surface area contributed by atoms with Crippen LogP contribution in [0.4, 0.5) is 16.2 Å². The van der Waals surface area contributed by atoms with Crippen LogP contribution in [0.3, 0.4) is 0 Å². The molecule has 4 amide bonds. The molecule has 2 heterocycles. The number of methoxy groups -OCH3 is 1. The molecule has 2 N–H and O–H groups in total. The number of rotatable bonds is 6. The van der Waals surface area contributed by atoms with Crippen LogP contribution in [0, 0.1) is 0 Å². The first-order valence-corrected chi connectivity index (χ1v) is 11.2. The molecule has 0 radical (unpaired) electrons. The van der Waals surface area contributed by atoms with Gasteiger partial charge < -0.3 is 20.3 Å². The van der Waals surface area contributed by atoms with Crippen LogP contribution in [0.25, 0.3) is 6.08 Å². The Hall–Kier alpha value is -3.52. The van der Waals surface area contributed by atoms with E-state index in [4.69, 9.17) is 16.3 Å². The third-order valence-corrected chi connectivity index (χ3v) is 5.88. The lowest BCUT2D eigenvalue weighted by atomic mass is 10.1. The zero-order valence-corrected chi connectivity index (χ0v) is 19.0. The number of nitrogens with zero attached hydrogens (tertiary/aromatic N) is 2. The number of carbonyl (C=O) groups is 3. The second-order valence-corrected chi connectivity index (χ2v) is 8.34. The number of benzene rings is 2. The lowest BCUT2D eigenvalue weighted by molar-refractivity contribution is -0.127. The minimum absolute atomic E-state index is 0.0864. The Labute approximate surface area is 197 Å². The lowest BCUT2D eigenvalue weighted by Gasteiger charge is -2.29. The summed E-state index contributed by atoms with van der Waals surface area (Å²) in [4.78, 5) is 40.7. The number of urea groups is 1. The fourth-order valence-corrected chi connectivity index (χ4v) is 4.04. The van der Waals surface area contributed by atoms with E-state index in [1.807, 2.05) is 18.2 Å². The van der Waals surface area contributed by atoms with E-state index in [0.717, 1.165) is 36.5 Å². The van der Waals surface area contributed by atoms with E-state index >= 15 is 0 Å². The molecule has 0 aromatic heterocycles. The third-order valence-electron chi connectivity index (χ3n) is 5.63. The monoisotopic (exact) mass is 468 g/mol. The van der Waals surface area contributed by atoms with Gasteiger partial charge >= 0.3 is 6.03 Å². The lowest BCUT2D eigenvalue weighted by Crippen LogP contribution is -2.38. The molecule has 172 valence electrons. The van der Waals surface area contributed by atoms with Crippen molar-refractivity contribution in [3.8, 4) is 5.75 Å². The van der Waals surface area contributed by atoms with E-state index in [-0.39, 0.29) is 5.70 Å². The summed E-state index contributed by atoms with van der Waals surface area (Å²) >= 11 is 5.84. The largest absolute Gasteiger partial charge is 0.496 e. The van der Waals surface area contributed by atoms with Gasteiger partial charge in [0, 0.05) is 41.1 Å². The van der Waals surface area contributed by atoms with Crippen molar-refractivity contribution in [2.75, 3.05) is 37.0 Å². The van der Waals surface area contributed by atoms with Crippen molar-refractivity contribution in [3.05, 3.63) is 58.7 Å². The average Bonchev–Trinajstić information content (AvgIpc) is 3.08. The molecule has 2 aromatic rings. The molecule has 2 fully saturated rings. The highest BCUT2D eigenvalue weighted by atomic mass is 35.5. The number of anilines is 2. The Bertz CT molecular complexity index is 1090. The van der Waals surface area contributed by atoms with Gasteiger partial charge in [-0.05, 0) is 61.7 Å². The molecule has 0 bridgehead atoms. The van der Waals surface area contributed by atoms with Gasteiger partial charge in [-0.1, -0.05) is 11.6 Å². The standard InChI is InChI=1S/C24H25ClN4O4/c1-33-21-14-19(28-11-3-2-4-12-28)10-5-16(21)13-20-23(31)29(24(32)27-20)15-22(30)26-18-8-6-17(25)7-9-18/h5-10,13-14H,2-4,11-12,15H2,1H3,(H,26,30)(H,27,32)/b20-13+. The van der Waals surface area contributed by atoms with E-state index in [9.17, 15) is 14.4 Å². The summed E-state index contributed by atoms with van der Waals surface area (Å²) in [7, 11) is 1.57. The molecule has 0 atom stereocenters. The van der Waals surface area contributed by atoms with Crippen LogP contribution >= 0.6 is 11.6 Å². The predicted octanol–water partition coefficient (Wildman–Crippen LogP) is 3.87. The number of nitrogens with one attached hydrogen (secondary N) is 2. The zero-order valence-electron chi connectivity index (χ0n) is 18.3. The zero-order chi connectivity index (χ0) is 23.4. The maximum Gasteiger partial charge on any atom is 0.329 e. The fraction of sp³-hybridized carbons (Fsp3) is 0.292. The Balaban J connectivity index is 1.46.